The second-order valence-electron chi connectivity index (χ2n) is 6.49. The molecule has 0 fully saturated rings. The summed E-state index contributed by atoms with van der Waals surface area (Å²) in [4.78, 5) is 26.9. The predicted molar refractivity (Wildman–Crippen MR) is 109 cm³/mol. The first-order valence-corrected chi connectivity index (χ1v) is 9.81. The van der Waals surface area contributed by atoms with Gasteiger partial charge in [-0.05, 0) is 36.9 Å². The van der Waals surface area contributed by atoms with Gasteiger partial charge >= 0.3 is 0 Å². The van der Waals surface area contributed by atoms with Gasteiger partial charge in [0.15, 0.2) is 17.3 Å². The van der Waals surface area contributed by atoms with Crippen molar-refractivity contribution in [1.82, 2.24) is 0 Å². The zero-order chi connectivity index (χ0) is 20.0. The molecule has 4 rings (SSSR count). The maximum Gasteiger partial charge on any atom is 0.198 e. The number of nitrogens with two attached hydrogens (primary N) is 1. The van der Waals surface area contributed by atoms with E-state index in [-0.39, 0.29) is 39.4 Å². The van der Waals surface area contributed by atoms with E-state index >= 15 is 0 Å². The molecule has 0 unspecified atom stereocenters. The van der Waals surface area contributed by atoms with Crippen molar-refractivity contribution in [2.45, 2.75) is 11.8 Å². The molecule has 6 heteroatoms. The molecule has 0 aliphatic heterocycles. The van der Waals surface area contributed by atoms with Crippen LogP contribution in [0.5, 0.6) is 17.2 Å². The number of carbonyl (C=O) groups is 2. The Bertz CT molecular complexity index is 1150. The van der Waals surface area contributed by atoms with E-state index < -0.39 is 11.6 Å². The lowest BCUT2D eigenvalue weighted by atomic mass is 9.82. The number of phenols is 1. The summed E-state index contributed by atoms with van der Waals surface area (Å²) in [6.07, 6.45) is 1.99. The molecule has 0 spiro atoms. The summed E-state index contributed by atoms with van der Waals surface area (Å²) in [6.45, 7) is 1.96. The number of hydrogen-bond donors (Lipinski definition) is 2. The van der Waals surface area contributed by atoms with Crippen LogP contribution in [0.15, 0.2) is 53.4 Å². The van der Waals surface area contributed by atoms with E-state index in [1.54, 1.807) is 42.1 Å². The molecule has 0 aromatic heterocycles. The van der Waals surface area contributed by atoms with Crippen LogP contribution in [0.25, 0.3) is 0 Å². The Kier molecular flexibility index (Phi) is 4.35. The molecule has 1 aliphatic carbocycles. The summed E-state index contributed by atoms with van der Waals surface area (Å²) in [5.74, 6) is -0.507. The largest absolute Gasteiger partial charge is 0.507 e. The van der Waals surface area contributed by atoms with Crippen LogP contribution in [0.2, 0.25) is 0 Å². The van der Waals surface area contributed by atoms with Crippen molar-refractivity contribution >= 4 is 29.0 Å². The molecule has 140 valence electrons. The maximum absolute atomic E-state index is 13.0. The fourth-order valence-electron chi connectivity index (χ4n) is 3.40. The van der Waals surface area contributed by atoms with Crippen molar-refractivity contribution in [2.75, 3.05) is 12.0 Å². The number of nitrogen functional groups attached to an aromatic ring is 1. The molecule has 0 saturated carbocycles. The maximum atomic E-state index is 13.0. The highest BCUT2D eigenvalue weighted by Crippen LogP contribution is 2.42. The van der Waals surface area contributed by atoms with Crippen LogP contribution in [0.3, 0.4) is 0 Å². The lowest BCUT2D eigenvalue weighted by Crippen LogP contribution is -2.22. The van der Waals surface area contributed by atoms with Crippen LogP contribution in [0, 0.1) is 6.92 Å². The number of fused-ring (bicyclic) bond motifs is 2. The van der Waals surface area contributed by atoms with Gasteiger partial charge in [0.1, 0.15) is 11.5 Å². The van der Waals surface area contributed by atoms with Crippen molar-refractivity contribution in [1.29, 1.82) is 0 Å². The summed E-state index contributed by atoms with van der Waals surface area (Å²) in [5, 5.41) is 10.5. The van der Waals surface area contributed by atoms with Gasteiger partial charge in [0, 0.05) is 22.1 Å². The number of phenolic OH excluding ortho intramolecular Hbond substituents is 1. The third-order valence-corrected chi connectivity index (χ3v) is 5.67. The van der Waals surface area contributed by atoms with Crippen LogP contribution in [-0.4, -0.2) is 22.9 Å². The number of ether oxygens (including phenoxy) is 1. The van der Waals surface area contributed by atoms with Gasteiger partial charge in [-0.1, -0.05) is 24.3 Å². The van der Waals surface area contributed by atoms with Crippen LogP contribution in [0.4, 0.5) is 5.69 Å². The average molecular weight is 391 g/mol. The third kappa shape index (κ3) is 2.73. The molecule has 0 bridgehead atoms. The molecule has 0 atom stereocenters. The highest BCUT2D eigenvalue weighted by atomic mass is 32.2. The molecular formula is C22H17NO4S. The van der Waals surface area contributed by atoms with Crippen LogP contribution >= 0.6 is 11.8 Å². The van der Waals surface area contributed by atoms with E-state index in [1.165, 1.54) is 6.07 Å². The second-order valence-corrected chi connectivity index (χ2v) is 7.34. The van der Waals surface area contributed by atoms with Gasteiger partial charge in [-0.3, -0.25) is 9.59 Å². The van der Waals surface area contributed by atoms with Crippen molar-refractivity contribution in [2.24, 2.45) is 0 Å². The zero-order valence-corrected chi connectivity index (χ0v) is 16.1. The molecule has 0 radical (unpaired) electrons. The SMILES string of the molecule is CSc1ccc(Oc2cc(O)c3c(c2N)C(=O)c2ccccc2C3=O)cc1C. The topological polar surface area (TPSA) is 89.6 Å². The van der Waals surface area contributed by atoms with Crippen molar-refractivity contribution in [3.05, 3.63) is 76.3 Å². The summed E-state index contributed by atoms with van der Waals surface area (Å²) < 4.78 is 5.85. The van der Waals surface area contributed by atoms with Gasteiger partial charge in [0.2, 0.25) is 0 Å². The summed E-state index contributed by atoms with van der Waals surface area (Å²) in [5.41, 5.74) is 7.70. The molecule has 5 nitrogen and oxygen atoms in total. The quantitative estimate of drug-likeness (QED) is 0.302. The van der Waals surface area contributed by atoms with Gasteiger partial charge in [-0.15, -0.1) is 11.8 Å². The number of carbonyl (C=O) groups excluding carboxylic acids is 2. The minimum atomic E-state index is -0.430. The highest BCUT2D eigenvalue weighted by molar-refractivity contribution is 7.98. The fourth-order valence-corrected chi connectivity index (χ4v) is 3.99. The lowest BCUT2D eigenvalue weighted by Gasteiger charge is -2.21. The van der Waals surface area contributed by atoms with E-state index in [0.29, 0.717) is 5.75 Å². The van der Waals surface area contributed by atoms with Gasteiger partial charge in [0.25, 0.3) is 0 Å². The highest BCUT2D eigenvalue weighted by Gasteiger charge is 2.35. The number of benzene rings is 3. The Hall–Kier alpha value is -3.25. The van der Waals surface area contributed by atoms with Gasteiger partial charge < -0.3 is 15.6 Å². The van der Waals surface area contributed by atoms with E-state index in [2.05, 4.69) is 0 Å². The number of rotatable bonds is 3. The number of anilines is 1. The van der Waals surface area contributed by atoms with Crippen molar-refractivity contribution < 1.29 is 19.4 Å². The van der Waals surface area contributed by atoms with E-state index in [9.17, 15) is 14.7 Å². The molecular weight excluding hydrogens is 374 g/mol. The zero-order valence-electron chi connectivity index (χ0n) is 15.3. The molecule has 0 heterocycles. The van der Waals surface area contributed by atoms with Crippen LogP contribution in [0.1, 0.15) is 37.4 Å². The number of aryl methyl sites for hydroxylation is 1. The number of hydrogen-bond acceptors (Lipinski definition) is 6. The minimum absolute atomic E-state index is 0.0174. The Morgan fingerprint density at radius 2 is 1.61 bits per heavy atom. The van der Waals surface area contributed by atoms with Gasteiger partial charge in [-0.25, -0.2) is 0 Å². The molecule has 3 N–H and O–H groups in total. The van der Waals surface area contributed by atoms with Crippen LogP contribution < -0.4 is 10.5 Å². The summed E-state index contributed by atoms with van der Waals surface area (Å²) in [7, 11) is 0. The van der Waals surface area contributed by atoms with Crippen molar-refractivity contribution in [3.8, 4) is 17.2 Å². The predicted octanol–water partition coefficient (Wildman–Crippen LogP) is 4.57. The molecule has 0 amide bonds. The Morgan fingerprint density at radius 1 is 0.964 bits per heavy atom. The van der Waals surface area contributed by atoms with Gasteiger partial charge in [-0.2, -0.15) is 0 Å². The molecule has 1 aliphatic rings. The fraction of sp³-hybridized carbons (Fsp3) is 0.0909. The molecule has 28 heavy (non-hydrogen) atoms. The van der Waals surface area contributed by atoms with E-state index in [1.807, 2.05) is 25.3 Å². The second kappa shape index (κ2) is 6.73. The average Bonchev–Trinajstić information content (AvgIpc) is 2.69. The first kappa shape index (κ1) is 18.1. The monoisotopic (exact) mass is 391 g/mol. The van der Waals surface area contributed by atoms with Crippen molar-refractivity contribution in [3.63, 3.8) is 0 Å². The Morgan fingerprint density at radius 3 is 2.21 bits per heavy atom. The normalized spacial score (nSPS) is 12.5. The lowest BCUT2D eigenvalue weighted by molar-refractivity contribution is 0.0977. The minimum Gasteiger partial charge on any atom is -0.507 e. The summed E-state index contributed by atoms with van der Waals surface area (Å²) in [6, 6.07) is 13.3. The number of ketones is 2. The number of aromatic hydroxyl groups is 1. The summed E-state index contributed by atoms with van der Waals surface area (Å²) >= 11 is 1.63. The third-order valence-electron chi connectivity index (χ3n) is 4.77. The standard InChI is InChI=1S/C22H17NO4S/c1-11-9-12(7-8-17(11)28-2)27-16-10-15(24)18-19(20(16)23)22(26)14-6-4-3-5-13(14)21(18)25/h3-10,24H,23H2,1-2H3. The molecule has 3 aromatic carbocycles. The first-order chi connectivity index (χ1) is 13.4. The smallest absolute Gasteiger partial charge is 0.198 e. The molecule has 0 saturated heterocycles. The van der Waals surface area contributed by atoms with E-state index in [0.717, 1.165) is 10.5 Å². The first-order valence-electron chi connectivity index (χ1n) is 8.58. The Labute approximate surface area is 166 Å². The van der Waals surface area contributed by atoms with Gasteiger partial charge in [0.05, 0.1) is 16.8 Å². The van der Waals surface area contributed by atoms with E-state index in [4.69, 9.17) is 10.5 Å². The Balaban J connectivity index is 1.83. The molecule has 3 aromatic rings. The number of thioether (sulfide) groups is 1. The van der Waals surface area contributed by atoms with Crippen LogP contribution in [-0.2, 0) is 0 Å².